The van der Waals surface area contributed by atoms with Crippen LogP contribution >= 0.6 is 31.9 Å². The molecule has 0 saturated carbocycles. The van der Waals surface area contributed by atoms with Crippen molar-refractivity contribution in [3.05, 3.63) is 58.3 Å². The van der Waals surface area contributed by atoms with E-state index >= 15 is 0 Å². The van der Waals surface area contributed by atoms with E-state index in [1.165, 1.54) is 12.1 Å². The molecular weight excluding hydrogens is 361 g/mol. The fourth-order valence-corrected chi connectivity index (χ4v) is 2.61. The standard InChI is InChI=1S/C14H12Br2FN/c1-18(13-4-2-3-12(17)8-13)14-7-11(16)6-5-10(14)9-15/h2-8H,9H2,1H3. The predicted molar refractivity (Wildman–Crippen MR) is 81.2 cm³/mol. The fraction of sp³-hybridized carbons (Fsp3) is 0.143. The van der Waals surface area contributed by atoms with Gasteiger partial charge in [0.25, 0.3) is 0 Å². The van der Waals surface area contributed by atoms with Gasteiger partial charge >= 0.3 is 0 Å². The molecule has 0 N–H and O–H groups in total. The summed E-state index contributed by atoms with van der Waals surface area (Å²) >= 11 is 6.94. The molecule has 4 heteroatoms. The highest BCUT2D eigenvalue weighted by Gasteiger charge is 2.10. The van der Waals surface area contributed by atoms with Crippen molar-refractivity contribution in [2.45, 2.75) is 5.33 Å². The van der Waals surface area contributed by atoms with Gasteiger partial charge in [-0.1, -0.05) is 44.0 Å². The van der Waals surface area contributed by atoms with Gasteiger partial charge in [0, 0.05) is 28.2 Å². The largest absolute Gasteiger partial charge is 0.344 e. The fourth-order valence-electron chi connectivity index (χ4n) is 1.79. The highest BCUT2D eigenvalue weighted by molar-refractivity contribution is 9.10. The number of alkyl halides is 1. The predicted octanol–water partition coefficient (Wildman–Crippen LogP) is 5.25. The van der Waals surface area contributed by atoms with Crippen molar-refractivity contribution in [3.63, 3.8) is 0 Å². The molecule has 2 rings (SSSR count). The Morgan fingerprint density at radius 2 is 1.94 bits per heavy atom. The second-order valence-electron chi connectivity index (χ2n) is 3.95. The quantitative estimate of drug-likeness (QED) is 0.665. The zero-order valence-electron chi connectivity index (χ0n) is 9.83. The van der Waals surface area contributed by atoms with E-state index in [1.807, 2.05) is 36.2 Å². The van der Waals surface area contributed by atoms with E-state index in [-0.39, 0.29) is 5.82 Å². The molecule has 0 amide bonds. The van der Waals surface area contributed by atoms with Crippen molar-refractivity contribution in [1.82, 2.24) is 0 Å². The van der Waals surface area contributed by atoms with E-state index in [0.29, 0.717) is 0 Å². The minimum atomic E-state index is -0.227. The van der Waals surface area contributed by atoms with Gasteiger partial charge in [-0.25, -0.2) is 4.39 Å². The molecule has 0 unspecified atom stereocenters. The van der Waals surface area contributed by atoms with Crippen LogP contribution in [0.1, 0.15) is 5.56 Å². The van der Waals surface area contributed by atoms with Crippen LogP contribution in [0.2, 0.25) is 0 Å². The van der Waals surface area contributed by atoms with Gasteiger partial charge in [-0.15, -0.1) is 0 Å². The Kier molecular flexibility index (Phi) is 4.40. The van der Waals surface area contributed by atoms with Crippen molar-refractivity contribution in [1.29, 1.82) is 0 Å². The molecule has 0 spiro atoms. The summed E-state index contributed by atoms with van der Waals surface area (Å²) in [5.74, 6) is -0.227. The second-order valence-corrected chi connectivity index (χ2v) is 5.42. The Morgan fingerprint density at radius 3 is 2.61 bits per heavy atom. The monoisotopic (exact) mass is 371 g/mol. The zero-order valence-corrected chi connectivity index (χ0v) is 13.0. The summed E-state index contributed by atoms with van der Waals surface area (Å²) in [6.07, 6.45) is 0. The molecule has 0 fully saturated rings. The third kappa shape index (κ3) is 2.93. The molecule has 2 aromatic carbocycles. The van der Waals surface area contributed by atoms with Crippen LogP contribution < -0.4 is 4.90 Å². The van der Waals surface area contributed by atoms with E-state index < -0.39 is 0 Å². The normalized spacial score (nSPS) is 10.4. The Morgan fingerprint density at radius 1 is 1.17 bits per heavy atom. The molecule has 0 saturated heterocycles. The first kappa shape index (κ1) is 13.6. The molecule has 0 radical (unpaired) electrons. The van der Waals surface area contributed by atoms with Gasteiger partial charge in [-0.2, -0.15) is 0 Å². The maximum atomic E-state index is 13.3. The summed E-state index contributed by atoms with van der Waals surface area (Å²) in [5.41, 5.74) is 3.03. The van der Waals surface area contributed by atoms with Crippen molar-refractivity contribution in [2.75, 3.05) is 11.9 Å². The van der Waals surface area contributed by atoms with Gasteiger partial charge in [-0.3, -0.25) is 0 Å². The van der Waals surface area contributed by atoms with Gasteiger partial charge in [0.15, 0.2) is 0 Å². The molecule has 0 bridgehead atoms. The molecule has 0 atom stereocenters. The van der Waals surface area contributed by atoms with Gasteiger partial charge in [0.05, 0.1) is 0 Å². The number of nitrogens with zero attached hydrogens (tertiary/aromatic N) is 1. The Labute approximate surface area is 123 Å². The Bertz CT molecular complexity index is 557. The third-order valence-corrected chi connectivity index (χ3v) is 3.85. The van der Waals surface area contributed by atoms with Crippen molar-refractivity contribution >= 4 is 43.2 Å². The van der Waals surface area contributed by atoms with E-state index in [0.717, 1.165) is 26.7 Å². The van der Waals surface area contributed by atoms with Crippen LogP contribution in [0.4, 0.5) is 15.8 Å². The van der Waals surface area contributed by atoms with Crippen molar-refractivity contribution in [2.24, 2.45) is 0 Å². The number of halogens is 3. The molecule has 0 aromatic heterocycles. The number of anilines is 2. The smallest absolute Gasteiger partial charge is 0.125 e. The van der Waals surface area contributed by atoms with Crippen LogP contribution in [0.5, 0.6) is 0 Å². The zero-order chi connectivity index (χ0) is 13.1. The van der Waals surface area contributed by atoms with Crippen LogP contribution in [0.25, 0.3) is 0 Å². The highest BCUT2D eigenvalue weighted by atomic mass is 79.9. The van der Waals surface area contributed by atoms with E-state index in [9.17, 15) is 4.39 Å². The summed E-state index contributed by atoms with van der Waals surface area (Å²) < 4.78 is 14.3. The first-order valence-corrected chi connectivity index (χ1v) is 7.37. The van der Waals surface area contributed by atoms with Crippen LogP contribution in [-0.4, -0.2) is 7.05 Å². The average Bonchev–Trinajstić information content (AvgIpc) is 2.38. The van der Waals surface area contributed by atoms with Gasteiger partial charge in [0.2, 0.25) is 0 Å². The van der Waals surface area contributed by atoms with Gasteiger partial charge < -0.3 is 4.90 Å². The highest BCUT2D eigenvalue weighted by Crippen LogP contribution is 2.31. The summed E-state index contributed by atoms with van der Waals surface area (Å²) in [4.78, 5) is 1.98. The molecule has 0 aliphatic carbocycles. The second kappa shape index (κ2) is 5.85. The minimum absolute atomic E-state index is 0.227. The van der Waals surface area contributed by atoms with Crippen molar-refractivity contribution < 1.29 is 4.39 Å². The van der Waals surface area contributed by atoms with Crippen LogP contribution in [0.15, 0.2) is 46.9 Å². The Hall–Kier alpha value is -0.870. The molecule has 94 valence electrons. The van der Waals surface area contributed by atoms with Crippen LogP contribution in [-0.2, 0) is 5.33 Å². The van der Waals surface area contributed by atoms with Gasteiger partial charge in [0.1, 0.15) is 5.82 Å². The first-order chi connectivity index (χ1) is 8.61. The number of benzene rings is 2. The van der Waals surface area contributed by atoms with E-state index in [1.54, 1.807) is 6.07 Å². The molecule has 18 heavy (non-hydrogen) atoms. The number of hydrogen-bond acceptors (Lipinski definition) is 1. The van der Waals surface area contributed by atoms with E-state index in [2.05, 4.69) is 31.9 Å². The average molecular weight is 373 g/mol. The Balaban J connectivity index is 2.44. The first-order valence-electron chi connectivity index (χ1n) is 5.45. The lowest BCUT2D eigenvalue weighted by atomic mass is 10.1. The molecule has 0 aliphatic rings. The summed E-state index contributed by atoms with van der Waals surface area (Å²) in [5, 5.41) is 0.759. The summed E-state index contributed by atoms with van der Waals surface area (Å²) in [6.45, 7) is 0. The van der Waals surface area contributed by atoms with Crippen molar-refractivity contribution in [3.8, 4) is 0 Å². The van der Waals surface area contributed by atoms with Crippen LogP contribution in [0, 0.1) is 5.82 Å². The minimum Gasteiger partial charge on any atom is -0.344 e. The molecule has 1 nitrogen and oxygen atoms in total. The molecule has 0 heterocycles. The number of rotatable bonds is 3. The summed E-state index contributed by atoms with van der Waals surface area (Å²) in [6, 6.07) is 12.7. The topological polar surface area (TPSA) is 3.24 Å². The van der Waals surface area contributed by atoms with Crippen LogP contribution in [0.3, 0.4) is 0 Å². The maximum Gasteiger partial charge on any atom is 0.125 e. The lowest BCUT2D eigenvalue weighted by molar-refractivity contribution is 0.628. The lowest BCUT2D eigenvalue weighted by Crippen LogP contribution is -2.11. The SMILES string of the molecule is CN(c1cccc(F)c1)c1cc(Br)ccc1CBr. The van der Waals surface area contributed by atoms with E-state index in [4.69, 9.17) is 0 Å². The molecule has 2 aromatic rings. The maximum absolute atomic E-state index is 13.3. The lowest BCUT2D eigenvalue weighted by Gasteiger charge is -2.22. The van der Waals surface area contributed by atoms with Gasteiger partial charge in [-0.05, 0) is 35.9 Å². The molecular formula is C14H12Br2FN. The number of hydrogen-bond donors (Lipinski definition) is 0. The molecule has 0 aliphatic heterocycles. The summed E-state index contributed by atoms with van der Waals surface area (Å²) in [7, 11) is 1.93. The third-order valence-electron chi connectivity index (χ3n) is 2.75.